The summed E-state index contributed by atoms with van der Waals surface area (Å²) in [5.41, 5.74) is -0.566. The van der Waals surface area contributed by atoms with Crippen molar-refractivity contribution >= 4 is 11.6 Å². The molecule has 0 bridgehead atoms. The molecule has 0 unspecified atom stereocenters. The minimum Gasteiger partial charge on any atom is -0.388 e. The first-order chi connectivity index (χ1) is 9.65. The van der Waals surface area contributed by atoms with Crippen LogP contribution in [0.5, 0.6) is 0 Å². The van der Waals surface area contributed by atoms with E-state index in [9.17, 15) is 5.11 Å². The number of nitrogens with zero attached hydrogens (tertiary/aromatic N) is 2. The first kappa shape index (κ1) is 15.0. The molecule has 20 heavy (non-hydrogen) atoms. The Morgan fingerprint density at radius 2 is 2.00 bits per heavy atom. The molecule has 3 N–H and O–H groups in total. The molecular weight excluding hydrogens is 256 g/mol. The monoisotopic (exact) mass is 280 g/mol. The van der Waals surface area contributed by atoms with Gasteiger partial charge in [-0.25, -0.2) is 9.97 Å². The van der Waals surface area contributed by atoms with E-state index in [2.05, 4.69) is 27.5 Å². The van der Waals surface area contributed by atoms with Crippen LogP contribution < -0.4 is 10.6 Å². The van der Waals surface area contributed by atoms with Crippen molar-refractivity contribution < 1.29 is 9.84 Å². The Morgan fingerprint density at radius 3 is 2.55 bits per heavy atom. The van der Waals surface area contributed by atoms with Gasteiger partial charge in [0.1, 0.15) is 18.2 Å². The molecule has 1 saturated carbocycles. The molecule has 112 valence electrons. The number of rotatable bonds is 8. The van der Waals surface area contributed by atoms with Crippen molar-refractivity contribution in [2.75, 3.05) is 30.8 Å². The summed E-state index contributed by atoms with van der Waals surface area (Å²) in [4.78, 5) is 8.78. The predicted molar refractivity (Wildman–Crippen MR) is 78.8 cm³/mol. The Bertz CT molecular complexity index is 435. The predicted octanol–water partition coefficient (Wildman–Crippen LogP) is 1.77. The van der Waals surface area contributed by atoms with Crippen molar-refractivity contribution in [3.63, 3.8) is 0 Å². The molecule has 0 aliphatic heterocycles. The summed E-state index contributed by atoms with van der Waals surface area (Å²) in [5, 5.41) is 16.6. The van der Waals surface area contributed by atoms with E-state index in [4.69, 9.17) is 4.74 Å². The number of ether oxygens (including phenoxy) is 1. The molecule has 0 spiro atoms. The number of hydrogen-bond donors (Lipinski definition) is 3. The average Bonchev–Trinajstić information content (AvgIpc) is 2.41. The van der Waals surface area contributed by atoms with Crippen LogP contribution in [0.1, 0.15) is 38.4 Å². The number of aliphatic hydroxyl groups is 1. The molecule has 0 saturated heterocycles. The average molecular weight is 280 g/mol. The van der Waals surface area contributed by atoms with E-state index >= 15 is 0 Å². The zero-order valence-electron chi connectivity index (χ0n) is 12.3. The van der Waals surface area contributed by atoms with E-state index in [1.807, 2.05) is 6.07 Å². The maximum Gasteiger partial charge on any atom is 0.158 e. The van der Waals surface area contributed by atoms with Crippen molar-refractivity contribution in [3.8, 4) is 0 Å². The highest BCUT2D eigenvalue weighted by atomic mass is 16.5. The van der Waals surface area contributed by atoms with Gasteiger partial charge in [-0.05, 0) is 25.7 Å². The molecule has 0 radical (unpaired) electrons. The van der Waals surface area contributed by atoms with Gasteiger partial charge in [-0.15, -0.1) is 0 Å². The maximum atomic E-state index is 10.1. The SMILES string of the molecule is CCCNc1cc(NCC2(O)CCC2)nc(COC)n1. The number of methoxy groups -OCH3 is 1. The van der Waals surface area contributed by atoms with Crippen LogP contribution in [0.4, 0.5) is 11.6 Å². The zero-order chi connectivity index (χ0) is 14.4. The van der Waals surface area contributed by atoms with Gasteiger partial charge in [-0.2, -0.15) is 0 Å². The Kier molecular flexibility index (Phi) is 5.14. The summed E-state index contributed by atoms with van der Waals surface area (Å²) in [6, 6.07) is 1.87. The van der Waals surface area contributed by atoms with Crippen LogP contribution in [0.15, 0.2) is 6.07 Å². The lowest BCUT2D eigenvalue weighted by molar-refractivity contribution is -0.0202. The van der Waals surface area contributed by atoms with Crippen molar-refractivity contribution in [3.05, 3.63) is 11.9 Å². The summed E-state index contributed by atoms with van der Waals surface area (Å²) in [6.45, 7) is 3.88. The summed E-state index contributed by atoms with van der Waals surface area (Å²) >= 11 is 0. The number of nitrogens with one attached hydrogen (secondary N) is 2. The van der Waals surface area contributed by atoms with E-state index in [-0.39, 0.29) is 0 Å². The molecule has 6 heteroatoms. The minimum atomic E-state index is -0.566. The lowest BCUT2D eigenvalue weighted by Crippen LogP contribution is -2.43. The number of aromatic nitrogens is 2. The Balaban J connectivity index is 2.02. The molecule has 1 aromatic rings. The Hall–Kier alpha value is -1.40. The fourth-order valence-electron chi connectivity index (χ4n) is 2.14. The minimum absolute atomic E-state index is 0.376. The number of hydrogen-bond acceptors (Lipinski definition) is 6. The zero-order valence-corrected chi connectivity index (χ0v) is 12.3. The second kappa shape index (κ2) is 6.85. The van der Waals surface area contributed by atoms with Crippen molar-refractivity contribution in [1.82, 2.24) is 9.97 Å². The van der Waals surface area contributed by atoms with Crippen molar-refractivity contribution in [2.24, 2.45) is 0 Å². The van der Waals surface area contributed by atoms with Gasteiger partial charge in [0.25, 0.3) is 0 Å². The van der Waals surface area contributed by atoms with Crippen LogP contribution in [0.3, 0.4) is 0 Å². The molecule has 0 atom stereocenters. The van der Waals surface area contributed by atoms with Crippen LogP contribution in [0.2, 0.25) is 0 Å². The third-order valence-corrected chi connectivity index (χ3v) is 3.48. The third-order valence-electron chi connectivity index (χ3n) is 3.48. The first-order valence-corrected chi connectivity index (χ1v) is 7.22. The molecule has 0 aromatic carbocycles. The van der Waals surface area contributed by atoms with E-state index in [1.165, 1.54) is 0 Å². The van der Waals surface area contributed by atoms with Crippen LogP contribution in [-0.4, -0.2) is 40.9 Å². The van der Waals surface area contributed by atoms with E-state index in [1.54, 1.807) is 7.11 Å². The quantitative estimate of drug-likeness (QED) is 0.673. The molecule has 1 heterocycles. The molecule has 1 aliphatic rings. The largest absolute Gasteiger partial charge is 0.388 e. The summed E-state index contributed by atoms with van der Waals surface area (Å²) < 4.78 is 5.09. The van der Waals surface area contributed by atoms with Gasteiger partial charge in [0.15, 0.2) is 5.82 Å². The molecule has 1 aromatic heterocycles. The van der Waals surface area contributed by atoms with Crippen LogP contribution in [0.25, 0.3) is 0 Å². The van der Waals surface area contributed by atoms with Gasteiger partial charge in [0.05, 0.1) is 5.60 Å². The van der Waals surface area contributed by atoms with E-state index in [0.717, 1.165) is 43.9 Å². The standard InChI is InChI=1S/C14H24N4O2/c1-3-7-15-11-8-12(18-13(17-11)9-20-2)16-10-14(19)5-4-6-14/h8,19H,3-7,9-10H2,1-2H3,(H2,15,16,17,18). The normalized spacial score (nSPS) is 16.6. The second-order valence-corrected chi connectivity index (χ2v) is 5.35. The lowest BCUT2D eigenvalue weighted by atomic mass is 9.80. The summed E-state index contributed by atoms with van der Waals surface area (Å²) in [7, 11) is 1.62. The van der Waals surface area contributed by atoms with E-state index in [0.29, 0.717) is 19.0 Å². The summed E-state index contributed by atoms with van der Waals surface area (Å²) in [6.07, 6.45) is 3.85. The van der Waals surface area contributed by atoms with Crippen LogP contribution >= 0.6 is 0 Å². The lowest BCUT2D eigenvalue weighted by Gasteiger charge is -2.36. The molecule has 0 amide bonds. The highest BCUT2D eigenvalue weighted by molar-refractivity contribution is 5.47. The second-order valence-electron chi connectivity index (χ2n) is 5.35. The van der Waals surface area contributed by atoms with Crippen molar-refractivity contribution in [1.29, 1.82) is 0 Å². The molecule has 1 fully saturated rings. The van der Waals surface area contributed by atoms with E-state index < -0.39 is 5.60 Å². The summed E-state index contributed by atoms with van der Waals surface area (Å²) in [5.74, 6) is 2.15. The van der Waals surface area contributed by atoms with Gasteiger partial charge >= 0.3 is 0 Å². The highest BCUT2D eigenvalue weighted by Gasteiger charge is 2.34. The number of anilines is 2. The molecule has 6 nitrogen and oxygen atoms in total. The van der Waals surface area contributed by atoms with Gasteiger partial charge in [0.2, 0.25) is 0 Å². The fraction of sp³-hybridized carbons (Fsp3) is 0.714. The molecule has 1 aliphatic carbocycles. The highest BCUT2D eigenvalue weighted by Crippen LogP contribution is 2.31. The fourth-order valence-corrected chi connectivity index (χ4v) is 2.14. The first-order valence-electron chi connectivity index (χ1n) is 7.22. The van der Waals surface area contributed by atoms with Gasteiger partial charge < -0.3 is 20.5 Å². The van der Waals surface area contributed by atoms with Crippen molar-refractivity contribution in [2.45, 2.75) is 44.8 Å². The Labute approximate surface area is 120 Å². The molecule has 2 rings (SSSR count). The Morgan fingerprint density at radius 1 is 1.30 bits per heavy atom. The maximum absolute atomic E-state index is 10.1. The van der Waals surface area contributed by atoms with Gasteiger partial charge in [-0.3, -0.25) is 0 Å². The third kappa shape index (κ3) is 4.05. The topological polar surface area (TPSA) is 79.3 Å². The van der Waals surface area contributed by atoms with Gasteiger partial charge in [0, 0.05) is 26.3 Å². The van der Waals surface area contributed by atoms with Crippen LogP contribution in [-0.2, 0) is 11.3 Å². The smallest absolute Gasteiger partial charge is 0.158 e. The van der Waals surface area contributed by atoms with Crippen LogP contribution in [0, 0.1) is 0 Å². The molecular formula is C14H24N4O2. The van der Waals surface area contributed by atoms with Gasteiger partial charge in [-0.1, -0.05) is 6.92 Å².